The number of rotatable bonds is 5. The van der Waals surface area contributed by atoms with Crippen molar-refractivity contribution in [2.75, 3.05) is 0 Å². The topological polar surface area (TPSA) is 74.6 Å². The molecule has 0 aromatic rings. The van der Waals surface area contributed by atoms with Crippen LogP contribution in [-0.4, -0.2) is 35.6 Å². The molecule has 5 atom stereocenters. The van der Waals surface area contributed by atoms with Crippen LogP contribution in [0.3, 0.4) is 0 Å². The predicted molar refractivity (Wildman–Crippen MR) is 136 cm³/mol. The highest BCUT2D eigenvalue weighted by atomic mass is 32.2. The Bertz CT molecular complexity index is 989. The summed E-state index contributed by atoms with van der Waals surface area (Å²) in [5, 5.41) is 21.6. The van der Waals surface area contributed by atoms with Gasteiger partial charge in [-0.2, -0.15) is 0 Å². The van der Waals surface area contributed by atoms with Crippen LogP contribution < -0.4 is 0 Å². The van der Waals surface area contributed by atoms with E-state index < -0.39 is 26.8 Å². The molecule has 3 aliphatic carbocycles. The minimum Gasteiger partial charge on any atom is -0.393 e. The van der Waals surface area contributed by atoms with Crippen molar-refractivity contribution in [3.63, 3.8) is 0 Å². The van der Waals surface area contributed by atoms with Gasteiger partial charge in [0.2, 0.25) is 0 Å². The van der Waals surface area contributed by atoms with Crippen LogP contribution in [0.5, 0.6) is 0 Å². The molecule has 33 heavy (non-hydrogen) atoms. The lowest BCUT2D eigenvalue weighted by Gasteiger charge is -2.42. The normalized spacial score (nSPS) is 34.7. The van der Waals surface area contributed by atoms with Crippen LogP contribution >= 0.6 is 0 Å². The Labute approximate surface area is 200 Å². The zero-order valence-corrected chi connectivity index (χ0v) is 21.8. The molecule has 5 heteroatoms. The third kappa shape index (κ3) is 5.47. The molecule has 3 rings (SSSR count). The van der Waals surface area contributed by atoms with E-state index in [-0.39, 0.29) is 5.41 Å². The van der Waals surface area contributed by atoms with Gasteiger partial charge in [0.15, 0.2) is 9.84 Å². The first-order valence-corrected chi connectivity index (χ1v) is 13.9. The van der Waals surface area contributed by atoms with Gasteiger partial charge in [-0.3, -0.25) is 0 Å². The van der Waals surface area contributed by atoms with E-state index in [0.717, 1.165) is 43.3 Å². The van der Waals surface area contributed by atoms with Crippen molar-refractivity contribution < 1.29 is 18.6 Å². The van der Waals surface area contributed by atoms with Gasteiger partial charge in [-0.15, -0.1) is 0 Å². The zero-order chi connectivity index (χ0) is 24.6. The maximum atomic E-state index is 12.4. The molecular weight excluding hydrogens is 432 g/mol. The number of sulfone groups is 1. The summed E-state index contributed by atoms with van der Waals surface area (Å²) in [5.41, 5.74) is 4.66. The number of fused-ring (bicyclic) bond motifs is 1. The number of aliphatic hydroxyl groups excluding tert-OH is 2. The van der Waals surface area contributed by atoms with E-state index in [1.165, 1.54) is 16.6 Å². The fourth-order valence-electron chi connectivity index (χ4n) is 5.80. The van der Waals surface area contributed by atoms with Crippen molar-refractivity contribution in [2.24, 2.45) is 17.3 Å². The number of hydrogen-bond acceptors (Lipinski definition) is 4. The lowest BCUT2D eigenvalue weighted by Crippen LogP contribution is -2.32. The van der Waals surface area contributed by atoms with E-state index in [1.54, 1.807) is 20.8 Å². The predicted octanol–water partition coefficient (Wildman–Crippen LogP) is 5.80. The first-order chi connectivity index (χ1) is 15.3. The summed E-state index contributed by atoms with van der Waals surface area (Å²) in [6.45, 7) is 13.8. The molecule has 0 amide bonds. The van der Waals surface area contributed by atoms with E-state index in [9.17, 15) is 18.6 Å². The third-order valence-corrected chi connectivity index (χ3v) is 10.3. The fourth-order valence-corrected chi connectivity index (χ4v) is 6.57. The van der Waals surface area contributed by atoms with Gasteiger partial charge in [0.25, 0.3) is 0 Å². The monoisotopic (exact) mass is 474 g/mol. The summed E-state index contributed by atoms with van der Waals surface area (Å²) >= 11 is 0. The van der Waals surface area contributed by atoms with E-state index >= 15 is 0 Å². The highest BCUT2D eigenvalue weighted by Gasteiger charge is 2.45. The maximum absolute atomic E-state index is 12.4. The van der Waals surface area contributed by atoms with Crippen molar-refractivity contribution in [1.82, 2.24) is 0 Å². The molecule has 0 unspecified atom stereocenters. The van der Waals surface area contributed by atoms with Gasteiger partial charge in [-0.1, -0.05) is 55.9 Å². The van der Waals surface area contributed by atoms with E-state index in [0.29, 0.717) is 24.7 Å². The molecule has 3 aliphatic rings. The highest BCUT2D eigenvalue weighted by molar-refractivity contribution is 7.95. The SMILES string of the molecule is C=C1C(=CC=C2CCC[C@]3(C)C([C@H](C)CC=CS(=O)(=O)C(C)(C)C)=CC[C@@H]23)C[C@@H](O)C[C@@H]1O. The van der Waals surface area contributed by atoms with Crippen LogP contribution in [0.15, 0.2) is 58.6 Å². The molecule has 2 saturated carbocycles. The van der Waals surface area contributed by atoms with E-state index in [1.807, 2.05) is 6.08 Å². The Morgan fingerprint density at radius 3 is 2.64 bits per heavy atom. The van der Waals surface area contributed by atoms with Crippen LogP contribution in [0, 0.1) is 17.3 Å². The van der Waals surface area contributed by atoms with Crippen molar-refractivity contribution in [2.45, 2.75) is 96.5 Å². The van der Waals surface area contributed by atoms with Gasteiger partial charge in [-0.05, 0) is 87.7 Å². The Balaban J connectivity index is 1.74. The lowest BCUT2D eigenvalue weighted by molar-refractivity contribution is 0.0862. The van der Waals surface area contributed by atoms with Gasteiger partial charge in [0.05, 0.1) is 17.0 Å². The average molecular weight is 475 g/mol. The van der Waals surface area contributed by atoms with Crippen molar-refractivity contribution in [1.29, 1.82) is 0 Å². The second-order valence-corrected chi connectivity index (χ2v) is 14.0. The van der Waals surface area contributed by atoms with Crippen molar-refractivity contribution in [3.8, 4) is 0 Å². The van der Waals surface area contributed by atoms with Crippen molar-refractivity contribution in [3.05, 3.63) is 58.6 Å². The second kappa shape index (κ2) is 9.67. The quantitative estimate of drug-likeness (QED) is 0.494. The van der Waals surface area contributed by atoms with Gasteiger partial charge < -0.3 is 10.2 Å². The first kappa shape index (κ1) is 26.2. The molecule has 184 valence electrons. The molecule has 4 nitrogen and oxygen atoms in total. The maximum Gasteiger partial charge on any atom is 0.176 e. The summed E-state index contributed by atoms with van der Waals surface area (Å²) in [7, 11) is -3.25. The Hall–Kier alpha value is -1.43. The smallest absolute Gasteiger partial charge is 0.176 e. The summed E-state index contributed by atoms with van der Waals surface area (Å²) < 4.78 is 24.0. The summed E-state index contributed by atoms with van der Waals surface area (Å²) in [6.07, 6.45) is 13.3. The van der Waals surface area contributed by atoms with Gasteiger partial charge >= 0.3 is 0 Å². The van der Waals surface area contributed by atoms with Gasteiger partial charge in [-0.25, -0.2) is 8.42 Å². The molecule has 0 bridgehead atoms. The van der Waals surface area contributed by atoms with Crippen LogP contribution in [0.1, 0.15) is 79.6 Å². The third-order valence-electron chi connectivity index (χ3n) is 8.02. The molecule has 0 aromatic carbocycles. The number of aliphatic hydroxyl groups is 2. The summed E-state index contributed by atoms with van der Waals surface area (Å²) in [4.78, 5) is 0. The van der Waals surface area contributed by atoms with E-state index in [2.05, 4.69) is 38.7 Å². The lowest BCUT2D eigenvalue weighted by atomic mass is 9.62. The molecule has 2 fully saturated rings. The van der Waals surface area contributed by atoms with Crippen molar-refractivity contribution >= 4 is 9.84 Å². The largest absolute Gasteiger partial charge is 0.393 e. The first-order valence-electron chi connectivity index (χ1n) is 12.3. The Morgan fingerprint density at radius 1 is 1.27 bits per heavy atom. The van der Waals surface area contributed by atoms with Gasteiger partial charge in [0.1, 0.15) is 0 Å². The second-order valence-electron chi connectivity index (χ2n) is 11.5. The fraction of sp³-hybridized carbons (Fsp3) is 0.643. The molecule has 0 aromatic heterocycles. The number of hydrogen-bond donors (Lipinski definition) is 2. The van der Waals surface area contributed by atoms with E-state index in [4.69, 9.17) is 0 Å². The van der Waals surface area contributed by atoms with Crippen LogP contribution in [0.4, 0.5) is 0 Å². The number of allylic oxidation sites excluding steroid dienone is 6. The summed E-state index contributed by atoms with van der Waals surface area (Å²) in [5.74, 6) is 0.752. The average Bonchev–Trinajstić information content (AvgIpc) is 3.06. The molecule has 0 saturated heterocycles. The minimum absolute atomic E-state index is 0.0986. The zero-order valence-electron chi connectivity index (χ0n) is 21.0. The summed E-state index contributed by atoms with van der Waals surface area (Å²) in [6, 6.07) is 0. The minimum atomic E-state index is -3.25. The highest BCUT2D eigenvalue weighted by Crippen LogP contribution is 2.57. The van der Waals surface area contributed by atoms with Crippen LogP contribution in [0.2, 0.25) is 0 Å². The van der Waals surface area contributed by atoms with Crippen LogP contribution in [-0.2, 0) is 9.84 Å². The molecule has 0 spiro atoms. The molecule has 0 radical (unpaired) electrons. The Morgan fingerprint density at radius 2 is 1.97 bits per heavy atom. The molecule has 0 heterocycles. The molecular formula is C28H42O4S. The van der Waals surface area contributed by atoms with Crippen LogP contribution in [0.25, 0.3) is 0 Å². The Kier molecular flexibility index (Phi) is 7.67. The molecule has 0 aliphatic heterocycles. The van der Waals surface area contributed by atoms with Gasteiger partial charge in [0, 0.05) is 11.8 Å². The standard InChI is InChI=1S/C28H42O4S/c1-19(9-8-16-33(31,32)27(3,4)5)24-13-14-25-21(10-7-15-28(24,25)6)11-12-22-17-23(29)18-26(30)20(22)2/h8,11-13,16,19,23,25-26,29-30H,2,7,9-10,14-15,17-18H2,1,3-6H3/t19-,23-,25+,26+,28-/m1/s1. The molecule has 2 N–H and O–H groups in total.